The molecule has 2 aromatic carbocycles. The molecule has 0 N–H and O–H groups in total. The number of nitrogens with zero attached hydrogens (tertiary/aromatic N) is 1. The first-order chi connectivity index (χ1) is 15.8. The van der Waals surface area contributed by atoms with Crippen molar-refractivity contribution >= 4 is 34.9 Å². The second-order valence-corrected chi connectivity index (χ2v) is 9.53. The van der Waals surface area contributed by atoms with Crippen LogP contribution in [0.2, 0.25) is 5.02 Å². The topological polar surface area (TPSA) is 63.7 Å². The smallest absolute Gasteiger partial charge is 0.238 e. The number of halogens is 3. The van der Waals surface area contributed by atoms with E-state index in [1.807, 2.05) is 0 Å². The Morgan fingerprint density at radius 1 is 0.970 bits per heavy atom. The number of Topliss-reactive ketones (excluding diaryl/α,β-unsaturated/α-hetero) is 1. The van der Waals surface area contributed by atoms with Gasteiger partial charge in [0, 0.05) is 11.6 Å². The predicted octanol–water partition coefficient (Wildman–Crippen LogP) is 4.44. The Morgan fingerprint density at radius 2 is 1.64 bits per heavy atom. The van der Waals surface area contributed by atoms with E-state index >= 15 is 0 Å². The van der Waals surface area contributed by atoms with E-state index in [4.69, 9.17) is 16.3 Å². The summed E-state index contributed by atoms with van der Waals surface area (Å²) in [5, 5.41) is -0.183. The van der Waals surface area contributed by atoms with Crippen LogP contribution in [0.3, 0.4) is 0 Å². The van der Waals surface area contributed by atoms with Gasteiger partial charge >= 0.3 is 0 Å². The van der Waals surface area contributed by atoms with Gasteiger partial charge in [-0.15, -0.1) is 0 Å². The average Bonchev–Trinajstić information content (AvgIpc) is 3.58. The Hall–Kier alpha value is -3.06. The van der Waals surface area contributed by atoms with Crippen LogP contribution in [0.5, 0.6) is 5.75 Å². The fraction of sp³-hybridized carbons (Fsp3) is 0.320. The van der Waals surface area contributed by atoms with Gasteiger partial charge in [0.2, 0.25) is 11.8 Å². The molecule has 6 atom stereocenters. The SMILES string of the molecule is O=C(COc1ccc(N2C(=O)[C@@H]3[C@@H]4C=C[C@@H]([C@H]5C[C@@H]45)[C@@H]3C2=O)c(F)c1)c1ccc(F)c(Cl)c1. The summed E-state index contributed by atoms with van der Waals surface area (Å²) in [6, 6.07) is 7.35. The average molecular weight is 470 g/mol. The maximum Gasteiger partial charge on any atom is 0.238 e. The summed E-state index contributed by atoms with van der Waals surface area (Å²) < 4.78 is 33.6. The van der Waals surface area contributed by atoms with E-state index in [1.54, 1.807) is 0 Å². The Labute approximate surface area is 193 Å². The second-order valence-electron chi connectivity index (χ2n) is 9.12. The zero-order chi connectivity index (χ0) is 23.0. The molecular formula is C25H18ClF2NO4. The van der Waals surface area contributed by atoms with Crippen molar-refractivity contribution in [3.05, 3.63) is 70.8 Å². The minimum Gasteiger partial charge on any atom is -0.485 e. The van der Waals surface area contributed by atoms with E-state index in [2.05, 4.69) is 12.2 Å². The summed E-state index contributed by atoms with van der Waals surface area (Å²) in [6.07, 6.45) is 5.18. The van der Waals surface area contributed by atoms with Crippen LogP contribution >= 0.6 is 11.6 Å². The van der Waals surface area contributed by atoms with E-state index < -0.39 is 35.9 Å². The maximum atomic E-state index is 15.0. The van der Waals surface area contributed by atoms with E-state index in [1.165, 1.54) is 24.3 Å². The summed E-state index contributed by atoms with van der Waals surface area (Å²) in [4.78, 5) is 39.6. The number of amides is 2. The Kier molecular flexibility index (Phi) is 4.49. The van der Waals surface area contributed by atoms with Gasteiger partial charge in [0.05, 0.1) is 22.5 Å². The number of carbonyl (C=O) groups excluding carboxylic acids is 3. The summed E-state index contributed by atoms with van der Waals surface area (Å²) in [5.74, 6) is -2.27. The molecule has 7 rings (SSSR count). The summed E-state index contributed by atoms with van der Waals surface area (Å²) in [5.41, 5.74) is 0.0621. The van der Waals surface area contributed by atoms with Gasteiger partial charge in [-0.3, -0.25) is 14.4 Å². The molecule has 4 aliphatic carbocycles. The zero-order valence-electron chi connectivity index (χ0n) is 17.2. The Bertz CT molecular complexity index is 1220. The third-order valence-corrected chi connectivity index (χ3v) is 7.72. The van der Waals surface area contributed by atoms with Crippen LogP contribution in [-0.2, 0) is 9.59 Å². The minimum absolute atomic E-state index is 0.0584. The molecule has 0 aromatic heterocycles. The van der Waals surface area contributed by atoms with Crippen LogP contribution in [0.1, 0.15) is 16.8 Å². The number of ketones is 1. The van der Waals surface area contributed by atoms with Crippen LogP contribution in [0.4, 0.5) is 14.5 Å². The highest BCUT2D eigenvalue weighted by Crippen LogP contribution is 2.65. The van der Waals surface area contributed by atoms with Crippen molar-refractivity contribution in [3.8, 4) is 5.75 Å². The lowest BCUT2D eigenvalue weighted by atomic mass is 9.63. The molecular weight excluding hydrogens is 452 g/mol. The van der Waals surface area contributed by atoms with E-state index in [9.17, 15) is 23.2 Å². The van der Waals surface area contributed by atoms with E-state index in [0.29, 0.717) is 11.8 Å². The van der Waals surface area contributed by atoms with Crippen LogP contribution in [0.15, 0.2) is 48.6 Å². The number of rotatable bonds is 5. The fourth-order valence-electron chi connectivity index (χ4n) is 5.85. The number of allylic oxidation sites excluding steroid dienone is 2. The monoisotopic (exact) mass is 469 g/mol. The minimum atomic E-state index is -0.782. The third-order valence-electron chi connectivity index (χ3n) is 7.43. The molecule has 5 nitrogen and oxygen atoms in total. The van der Waals surface area contributed by atoms with Gasteiger partial charge in [-0.05, 0) is 60.4 Å². The van der Waals surface area contributed by atoms with Crippen molar-refractivity contribution in [2.75, 3.05) is 11.5 Å². The van der Waals surface area contributed by atoms with Gasteiger partial charge in [0.25, 0.3) is 0 Å². The number of anilines is 1. The van der Waals surface area contributed by atoms with Crippen molar-refractivity contribution in [3.63, 3.8) is 0 Å². The first-order valence-corrected chi connectivity index (χ1v) is 11.2. The molecule has 8 heteroatoms. The summed E-state index contributed by atoms with van der Waals surface area (Å²) in [6.45, 7) is -0.412. The van der Waals surface area contributed by atoms with Gasteiger partial charge < -0.3 is 4.74 Å². The van der Waals surface area contributed by atoms with Crippen LogP contribution in [0.25, 0.3) is 0 Å². The highest BCUT2D eigenvalue weighted by Gasteiger charge is 2.67. The summed E-state index contributed by atoms with van der Waals surface area (Å²) >= 11 is 5.70. The quantitative estimate of drug-likeness (QED) is 0.369. The number of carbonyl (C=O) groups is 3. The largest absolute Gasteiger partial charge is 0.485 e. The van der Waals surface area contributed by atoms with E-state index in [0.717, 1.165) is 23.5 Å². The second kappa shape index (κ2) is 7.22. The molecule has 1 aliphatic heterocycles. The van der Waals surface area contributed by atoms with Crippen molar-refractivity contribution in [1.82, 2.24) is 0 Å². The number of ether oxygens (including phenoxy) is 1. The highest BCUT2D eigenvalue weighted by molar-refractivity contribution is 6.31. The van der Waals surface area contributed by atoms with Gasteiger partial charge in [-0.2, -0.15) is 0 Å². The molecule has 3 fully saturated rings. The molecule has 2 amide bonds. The molecule has 5 aliphatic rings. The standard InChI is InChI=1S/C25H18ClF2NO4/c26-17-7-11(1-5-18(17)27)21(30)10-33-12-2-6-20(19(28)8-12)29-24(31)22-13-3-4-14(16-9-15(13)16)23(22)25(29)32/h1-8,13-16,22-23H,9-10H2/t13-,14+,15+,16-,22-,23+. The van der Waals surface area contributed by atoms with E-state index in [-0.39, 0.29) is 45.7 Å². The number of benzene rings is 2. The van der Waals surface area contributed by atoms with Gasteiger partial charge in [0.15, 0.2) is 18.2 Å². The fourth-order valence-corrected chi connectivity index (χ4v) is 6.04. The maximum absolute atomic E-state index is 15.0. The van der Waals surface area contributed by atoms with Gasteiger partial charge in [-0.1, -0.05) is 23.8 Å². The van der Waals surface area contributed by atoms with Crippen molar-refractivity contribution in [1.29, 1.82) is 0 Å². The lowest BCUT2D eigenvalue weighted by molar-refractivity contribution is -0.124. The molecule has 2 aromatic rings. The van der Waals surface area contributed by atoms with Crippen molar-refractivity contribution < 1.29 is 27.9 Å². The first kappa shape index (κ1) is 20.5. The molecule has 0 unspecified atom stereocenters. The molecule has 1 heterocycles. The number of hydrogen-bond donors (Lipinski definition) is 0. The Morgan fingerprint density at radius 3 is 2.24 bits per heavy atom. The lowest BCUT2D eigenvalue weighted by Crippen LogP contribution is -2.40. The number of hydrogen-bond acceptors (Lipinski definition) is 4. The highest BCUT2D eigenvalue weighted by atomic mass is 35.5. The molecule has 2 bridgehead atoms. The molecule has 2 saturated carbocycles. The molecule has 168 valence electrons. The summed E-state index contributed by atoms with van der Waals surface area (Å²) in [7, 11) is 0. The molecule has 0 spiro atoms. The van der Waals surface area contributed by atoms with Gasteiger partial charge in [0.1, 0.15) is 11.6 Å². The van der Waals surface area contributed by atoms with Crippen molar-refractivity contribution in [2.45, 2.75) is 6.42 Å². The van der Waals surface area contributed by atoms with Gasteiger partial charge in [-0.25, -0.2) is 13.7 Å². The molecule has 0 radical (unpaired) electrons. The number of imide groups is 1. The lowest BCUT2D eigenvalue weighted by Gasteiger charge is -2.37. The Balaban J connectivity index is 1.19. The van der Waals surface area contributed by atoms with Crippen LogP contribution in [0, 0.1) is 47.1 Å². The zero-order valence-corrected chi connectivity index (χ0v) is 18.0. The normalized spacial score (nSPS) is 30.9. The molecule has 33 heavy (non-hydrogen) atoms. The van der Waals surface area contributed by atoms with Crippen LogP contribution in [-0.4, -0.2) is 24.2 Å². The predicted molar refractivity (Wildman–Crippen MR) is 115 cm³/mol. The van der Waals surface area contributed by atoms with Crippen LogP contribution < -0.4 is 9.64 Å². The first-order valence-electron chi connectivity index (χ1n) is 10.8. The van der Waals surface area contributed by atoms with Crippen molar-refractivity contribution in [2.24, 2.45) is 35.5 Å². The third kappa shape index (κ3) is 3.05. The molecule has 1 saturated heterocycles.